The van der Waals surface area contributed by atoms with Crippen molar-refractivity contribution in [2.75, 3.05) is 5.75 Å². The molecule has 0 saturated carbocycles. The van der Waals surface area contributed by atoms with Gasteiger partial charge in [0.05, 0.1) is 5.75 Å². The fraction of sp³-hybridized carbons (Fsp3) is 0.357. The maximum atomic E-state index is 12.4. The topological polar surface area (TPSA) is 56.0 Å². The zero-order chi connectivity index (χ0) is 16.3. The second-order valence-corrected chi connectivity index (χ2v) is 6.35. The first-order valence-electron chi connectivity index (χ1n) is 6.43. The van der Waals surface area contributed by atoms with Crippen LogP contribution in [0.4, 0.5) is 13.2 Å². The Balaban J connectivity index is 2.12. The first kappa shape index (κ1) is 16.5. The molecular formula is C14H13F3N2O2S. The molecule has 0 amide bonds. The van der Waals surface area contributed by atoms with Gasteiger partial charge in [0, 0.05) is 11.1 Å². The van der Waals surface area contributed by atoms with Crippen molar-refractivity contribution in [1.29, 1.82) is 0 Å². The van der Waals surface area contributed by atoms with Crippen molar-refractivity contribution >= 4 is 17.5 Å². The SMILES string of the molecule is CC(C)SCC(=O)c1ccc(-c2noc(C(F)(F)F)n2)cc1. The average molecular weight is 330 g/mol. The molecule has 0 aliphatic heterocycles. The number of aromatic nitrogens is 2. The fourth-order valence-electron chi connectivity index (χ4n) is 1.59. The van der Waals surface area contributed by atoms with E-state index in [1.54, 1.807) is 12.1 Å². The van der Waals surface area contributed by atoms with E-state index >= 15 is 0 Å². The number of hydrogen-bond donors (Lipinski definition) is 0. The van der Waals surface area contributed by atoms with Crippen LogP contribution in [0.3, 0.4) is 0 Å². The molecule has 0 saturated heterocycles. The van der Waals surface area contributed by atoms with E-state index < -0.39 is 12.1 Å². The highest BCUT2D eigenvalue weighted by molar-refractivity contribution is 8.00. The van der Waals surface area contributed by atoms with Crippen LogP contribution >= 0.6 is 11.8 Å². The molecule has 0 aliphatic carbocycles. The van der Waals surface area contributed by atoms with Crippen LogP contribution in [-0.2, 0) is 6.18 Å². The van der Waals surface area contributed by atoms with Gasteiger partial charge >= 0.3 is 12.1 Å². The highest BCUT2D eigenvalue weighted by Crippen LogP contribution is 2.29. The predicted molar refractivity (Wildman–Crippen MR) is 76.7 cm³/mol. The Bertz CT molecular complexity index is 651. The molecule has 4 nitrogen and oxygen atoms in total. The molecular weight excluding hydrogens is 317 g/mol. The van der Waals surface area contributed by atoms with Gasteiger partial charge in [-0.05, 0) is 5.25 Å². The Kier molecular flexibility index (Phi) is 4.90. The molecule has 2 aromatic rings. The van der Waals surface area contributed by atoms with Crippen LogP contribution in [0.25, 0.3) is 11.4 Å². The summed E-state index contributed by atoms with van der Waals surface area (Å²) in [5.74, 6) is -1.23. The average Bonchev–Trinajstić information content (AvgIpc) is 2.94. The van der Waals surface area contributed by atoms with Crippen LogP contribution in [0.15, 0.2) is 28.8 Å². The fourth-order valence-corrected chi connectivity index (χ4v) is 2.24. The molecule has 1 aromatic carbocycles. The minimum atomic E-state index is -4.67. The molecule has 0 atom stereocenters. The number of thioether (sulfide) groups is 1. The number of carbonyl (C=O) groups is 1. The zero-order valence-corrected chi connectivity index (χ0v) is 12.7. The van der Waals surface area contributed by atoms with Gasteiger partial charge in [0.1, 0.15) is 0 Å². The van der Waals surface area contributed by atoms with Crippen LogP contribution < -0.4 is 0 Å². The Morgan fingerprint density at radius 2 is 1.91 bits per heavy atom. The van der Waals surface area contributed by atoms with E-state index in [0.717, 1.165) is 0 Å². The maximum absolute atomic E-state index is 12.4. The van der Waals surface area contributed by atoms with E-state index in [0.29, 0.717) is 22.1 Å². The summed E-state index contributed by atoms with van der Waals surface area (Å²) in [7, 11) is 0. The Morgan fingerprint density at radius 3 is 2.41 bits per heavy atom. The summed E-state index contributed by atoms with van der Waals surface area (Å²) >= 11 is 1.53. The largest absolute Gasteiger partial charge is 0.471 e. The van der Waals surface area contributed by atoms with Gasteiger partial charge in [-0.1, -0.05) is 43.3 Å². The smallest absolute Gasteiger partial charge is 0.329 e. The van der Waals surface area contributed by atoms with E-state index in [4.69, 9.17) is 0 Å². The van der Waals surface area contributed by atoms with Crippen molar-refractivity contribution in [3.05, 3.63) is 35.7 Å². The van der Waals surface area contributed by atoms with Gasteiger partial charge in [-0.3, -0.25) is 4.79 Å². The summed E-state index contributed by atoms with van der Waals surface area (Å²) in [4.78, 5) is 15.2. The predicted octanol–water partition coefficient (Wildman–Crippen LogP) is 4.08. The highest BCUT2D eigenvalue weighted by atomic mass is 32.2. The molecule has 0 fully saturated rings. The monoisotopic (exact) mass is 330 g/mol. The number of benzene rings is 1. The van der Waals surface area contributed by atoms with Gasteiger partial charge in [0.25, 0.3) is 0 Å². The molecule has 0 radical (unpaired) electrons. The minimum Gasteiger partial charge on any atom is -0.329 e. The van der Waals surface area contributed by atoms with Crippen LogP contribution in [0.1, 0.15) is 30.1 Å². The number of halogens is 3. The van der Waals surface area contributed by atoms with Crippen LogP contribution in [0.2, 0.25) is 0 Å². The third-order valence-electron chi connectivity index (χ3n) is 2.68. The Hall–Kier alpha value is -1.83. The molecule has 2 rings (SSSR count). The summed E-state index contributed by atoms with van der Waals surface area (Å²) in [6.07, 6.45) is -4.67. The lowest BCUT2D eigenvalue weighted by atomic mass is 10.1. The van der Waals surface area contributed by atoms with E-state index in [2.05, 4.69) is 14.7 Å². The van der Waals surface area contributed by atoms with Crippen molar-refractivity contribution in [1.82, 2.24) is 10.1 Å². The second-order valence-electron chi connectivity index (χ2n) is 4.78. The van der Waals surface area contributed by atoms with Crippen molar-refractivity contribution in [3.8, 4) is 11.4 Å². The van der Waals surface area contributed by atoms with E-state index in [1.807, 2.05) is 13.8 Å². The summed E-state index contributed by atoms with van der Waals surface area (Å²) < 4.78 is 41.4. The lowest BCUT2D eigenvalue weighted by molar-refractivity contribution is -0.159. The molecule has 1 heterocycles. The number of alkyl halides is 3. The van der Waals surface area contributed by atoms with Crippen LogP contribution in [0.5, 0.6) is 0 Å². The normalized spacial score (nSPS) is 11.9. The summed E-state index contributed by atoms with van der Waals surface area (Å²) in [6.45, 7) is 3.99. The molecule has 0 spiro atoms. The molecule has 0 unspecified atom stereocenters. The summed E-state index contributed by atoms with van der Waals surface area (Å²) in [6, 6.07) is 6.08. The van der Waals surface area contributed by atoms with E-state index in [1.165, 1.54) is 23.9 Å². The highest BCUT2D eigenvalue weighted by Gasteiger charge is 2.38. The van der Waals surface area contributed by atoms with Crippen molar-refractivity contribution in [2.45, 2.75) is 25.3 Å². The molecule has 0 N–H and O–H groups in total. The van der Waals surface area contributed by atoms with E-state index in [9.17, 15) is 18.0 Å². The molecule has 8 heteroatoms. The molecule has 22 heavy (non-hydrogen) atoms. The number of Topliss-reactive ketones (excluding diaryl/α,β-unsaturated/α-hetero) is 1. The van der Waals surface area contributed by atoms with Gasteiger partial charge in [-0.15, -0.1) is 0 Å². The van der Waals surface area contributed by atoms with E-state index in [-0.39, 0.29) is 11.6 Å². The van der Waals surface area contributed by atoms with Gasteiger partial charge in [-0.25, -0.2) is 0 Å². The number of ketones is 1. The molecule has 118 valence electrons. The van der Waals surface area contributed by atoms with Gasteiger partial charge in [0.2, 0.25) is 5.82 Å². The van der Waals surface area contributed by atoms with Gasteiger partial charge in [-0.2, -0.15) is 29.9 Å². The molecule has 1 aromatic heterocycles. The quantitative estimate of drug-likeness (QED) is 0.773. The number of rotatable bonds is 5. The Morgan fingerprint density at radius 1 is 1.27 bits per heavy atom. The molecule has 0 bridgehead atoms. The minimum absolute atomic E-state index is 0.0330. The number of carbonyl (C=O) groups excluding carboxylic acids is 1. The molecule has 0 aliphatic rings. The van der Waals surface area contributed by atoms with Crippen molar-refractivity contribution in [3.63, 3.8) is 0 Å². The summed E-state index contributed by atoms with van der Waals surface area (Å²) in [5, 5.41) is 3.64. The lowest BCUT2D eigenvalue weighted by Crippen LogP contribution is -2.05. The van der Waals surface area contributed by atoms with Crippen molar-refractivity contribution < 1.29 is 22.5 Å². The van der Waals surface area contributed by atoms with Crippen molar-refractivity contribution in [2.24, 2.45) is 0 Å². The first-order valence-corrected chi connectivity index (χ1v) is 7.48. The van der Waals surface area contributed by atoms with Crippen LogP contribution in [-0.4, -0.2) is 26.9 Å². The van der Waals surface area contributed by atoms with Gasteiger partial charge in [0.15, 0.2) is 5.78 Å². The third-order valence-corrected chi connectivity index (χ3v) is 3.78. The summed E-state index contributed by atoms with van der Waals surface area (Å²) in [5.41, 5.74) is 0.851. The van der Waals surface area contributed by atoms with Crippen LogP contribution in [0, 0.1) is 0 Å². The first-order chi connectivity index (χ1) is 10.3. The second kappa shape index (κ2) is 6.51. The number of nitrogens with zero attached hydrogens (tertiary/aromatic N) is 2. The third kappa shape index (κ3) is 4.09. The maximum Gasteiger partial charge on any atom is 0.471 e. The number of hydrogen-bond acceptors (Lipinski definition) is 5. The van der Waals surface area contributed by atoms with Gasteiger partial charge < -0.3 is 4.52 Å². The Labute approximate surface area is 129 Å². The lowest BCUT2D eigenvalue weighted by Gasteiger charge is -2.04. The standard InChI is InChI=1S/C14H13F3N2O2S/c1-8(2)22-7-11(20)9-3-5-10(6-4-9)12-18-13(21-19-12)14(15,16)17/h3-6,8H,7H2,1-2H3. The zero-order valence-electron chi connectivity index (χ0n) is 11.8.